The van der Waals surface area contributed by atoms with Gasteiger partial charge in [0.2, 0.25) is 0 Å². The molecule has 2 aromatic carbocycles. The summed E-state index contributed by atoms with van der Waals surface area (Å²) in [5.41, 5.74) is 5.31. The molecule has 0 unspecified atom stereocenters. The number of benzene rings is 3. The molecule has 1 N–H and O–H groups in total. The number of hydrogen-bond donors (Lipinski definition) is 1. The van der Waals surface area contributed by atoms with Crippen LogP contribution in [0.5, 0.6) is 0 Å². The molecule has 0 spiro atoms. The predicted octanol–water partition coefficient (Wildman–Crippen LogP) is 5.83. The van der Waals surface area contributed by atoms with Gasteiger partial charge in [-0.3, -0.25) is 14.9 Å². The first kappa shape index (κ1) is 26.9. The molecule has 7 nitrogen and oxygen atoms in total. The summed E-state index contributed by atoms with van der Waals surface area (Å²) in [5, 5.41) is 4.22. The Bertz CT molecular complexity index is 1710. The highest BCUT2D eigenvalue weighted by Crippen LogP contribution is 2.33. The summed E-state index contributed by atoms with van der Waals surface area (Å²) in [6.07, 6.45) is -2.67. The summed E-state index contributed by atoms with van der Waals surface area (Å²) >= 11 is 0. The van der Waals surface area contributed by atoms with Crippen molar-refractivity contribution in [3.63, 3.8) is 0 Å². The summed E-state index contributed by atoms with van der Waals surface area (Å²) in [6, 6.07) is 20.5. The minimum atomic E-state index is -4.41. The van der Waals surface area contributed by atoms with Crippen LogP contribution < -0.4 is 10.7 Å². The van der Waals surface area contributed by atoms with E-state index in [9.17, 15) is 13.2 Å². The lowest BCUT2D eigenvalue weighted by atomic mass is 10.1. The molecule has 1 fully saturated rings. The first-order valence-electron chi connectivity index (χ1n) is 13.5. The maximum absolute atomic E-state index is 13.3. The quantitative estimate of drug-likeness (QED) is 0.266. The average Bonchev–Trinajstić information content (AvgIpc) is 2.97. The topological polar surface area (TPSA) is 67.6 Å². The monoisotopic (exact) mass is 558 g/mol. The van der Waals surface area contributed by atoms with Crippen LogP contribution >= 0.6 is 0 Å². The van der Waals surface area contributed by atoms with Crippen LogP contribution in [0, 0.1) is 6.92 Å². The molecular weight excluding hydrogens is 529 g/mol. The fourth-order valence-corrected chi connectivity index (χ4v) is 5.05. The maximum Gasteiger partial charge on any atom is 0.416 e. The number of pyridine rings is 1. The maximum atomic E-state index is 13.3. The second kappa shape index (κ2) is 11.3. The first-order valence-corrected chi connectivity index (χ1v) is 13.5. The van der Waals surface area contributed by atoms with Crippen molar-refractivity contribution >= 4 is 22.4 Å². The number of nitrogens with one attached hydrogen (secondary N) is 1. The molecule has 1 aliphatic carbocycles. The number of para-hydroxylation sites is 2. The average molecular weight is 559 g/mol. The van der Waals surface area contributed by atoms with Crippen molar-refractivity contribution in [2.75, 3.05) is 44.7 Å². The van der Waals surface area contributed by atoms with Crippen LogP contribution in [0.25, 0.3) is 28.1 Å². The molecule has 0 atom stereocenters. The fraction of sp³-hybridized carbons (Fsp3) is 0.258. The zero-order valence-electron chi connectivity index (χ0n) is 22.5. The first-order chi connectivity index (χ1) is 19.9. The Morgan fingerprint density at radius 1 is 0.951 bits per heavy atom. The third-order valence-electron chi connectivity index (χ3n) is 7.23. The van der Waals surface area contributed by atoms with Crippen LogP contribution in [0.15, 0.2) is 84.0 Å². The number of fused-ring (bicyclic) bond motifs is 2. The Balaban J connectivity index is 1.52. The highest BCUT2D eigenvalue weighted by atomic mass is 19.4. The van der Waals surface area contributed by atoms with Gasteiger partial charge in [-0.2, -0.15) is 13.2 Å². The Labute approximate surface area is 235 Å². The highest BCUT2D eigenvalue weighted by molar-refractivity contribution is 5.84. The summed E-state index contributed by atoms with van der Waals surface area (Å²) in [5.74, 6) is 0. The van der Waals surface area contributed by atoms with Crippen molar-refractivity contribution in [2.24, 2.45) is 4.99 Å². The van der Waals surface area contributed by atoms with Gasteiger partial charge in [-0.05, 0) is 67.6 Å². The summed E-state index contributed by atoms with van der Waals surface area (Å²) < 4.78 is 47.4. The van der Waals surface area contributed by atoms with Gasteiger partial charge in [-0.1, -0.05) is 12.1 Å². The zero-order valence-corrected chi connectivity index (χ0v) is 22.5. The van der Waals surface area contributed by atoms with Crippen LogP contribution in [0.3, 0.4) is 0 Å². The minimum Gasteiger partial charge on any atom is -0.379 e. The number of halogens is 3. The molecule has 0 saturated carbocycles. The number of alkyl halides is 3. The van der Waals surface area contributed by atoms with Crippen LogP contribution in [0.4, 0.5) is 24.5 Å². The van der Waals surface area contributed by atoms with E-state index in [1.54, 1.807) is 6.20 Å². The molecule has 0 bridgehead atoms. The van der Waals surface area contributed by atoms with E-state index in [2.05, 4.69) is 15.2 Å². The van der Waals surface area contributed by atoms with E-state index in [4.69, 9.17) is 14.7 Å². The number of nitrogens with zero attached hydrogens (tertiary/aromatic N) is 5. The molecule has 6 rings (SSSR count). The summed E-state index contributed by atoms with van der Waals surface area (Å²) in [4.78, 5) is 16.6. The van der Waals surface area contributed by atoms with Gasteiger partial charge in [0.25, 0.3) is 0 Å². The van der Waals surface area contributed by atoms with Crippen LogP contribution in [-0.4, -0.2) is 58.8 Å². The second-order valence-corrected chi connectivity index (χ2v) is 9.94. The second-order valence-electron chi connectivity index (χ2n) is 9.94. The number of anilines is 2. The molecule has 1 saturated heterocycles. The SMILES string of the molecule is Cc1ncccc1Nc1cc2nc3ccccc3n(-c3ccc(C(F)(F)F)cc3)c-2cc1=NCCN1CCOCC1. The smallest absolute Gasteiger partial charge is 0.379 e. The van der Waals surface area contributed by atoms with E-state index < -0.39 is 11.7 Å². The van der Waals surface area contributed by atoms with Crippen molar-refractivity contribution in [3.8, 4) is 17.1 Å². The number of aromatic nitrogens is 3. The van der Waals surface area contributed by atoms with Gasteiger partial charge >= 0.3 is 6.18 Å². The van der Waals surface area contributed by atoms with Gasteiger partial charge in [0.1, 0.15) is 0 Å². The van der Waals surface area contributed by atoms with Gasteiger partial charge in [-0.25, -0.2) is 4.98 Å². The van der Waals surface area contributed by atoms with Crippen molar-refractivity contribution < 1.29 is 17.9 Å². The van der Waals surface area contributed by atoms with Gasteiger partial charge in [0.15, 0.2) is 0 Å². The van der Waals surface area contributed by atoms with E-state index >= 15 is 0 Å². The van der Waals surface area contributed by atoms with Crippen molar-refractivity contribution in [1.29, 1.82) is 0 Å². The van der Waals surface area contributed by atoms with Gasteiger partial charge < -0.3 is 14.6 Å². The molecule has 210 valence electrons. The number of aryl methyl sites for hydroxylation is 1. The van der Waals surface area contributed by atoms with E-state index in [1.807, 2.05) is 60.0 Å². The normalized spacial score (nSPS) is 15.1. The number of morpholine rings is 1. The molecule has 3 aromatic rings. The van der Waals surface area contributed by atoms with Gasteiger partial charge in [0.05, 0.1) is 70.2 Å². The number of hydrogen-bond acceptors (Lipinski definition) is 6. The Kier molecular flexibility index (Phi) is 7.42. The Morgan fingerprint density at radius 3 is 2.49 bits per heavy atom. The van der Waals surface area contributed by atoms with E-state index in [1.165, 1.54) is 12.1 Å². The van der Waals surface area contributed by atoms with Crippen LogP contribution in [0.1, 0.15) is 11.3 Å². The third-order valence-corrected chi connectivity index (χ3v) is 7.23. The number of rotatable bonds is 6. The molecule has 1 aromatic heterocycles. The van der Waals surface area contributed by atoms with E-state index in [0.717, 1.165) is 84.1 Å². The Morgan fingerprint density at radius 2 is 1.73 bits per heavy atom. The van der Waals surface area contributed by atoms with E-state index in [-0.39, 0.29) is 0 Å². The summed E-state index contributed by atoms with van der Waals surface area (Å²) in [7, 11) is 0. The van der Waals surface area contributed by atoms with Crippen molar-refractivity contribution in [3.05, 3.63) is 95.6 Å². The van der Waals surface area contributed by atoms with Crippen LogP contribution in [0.2, 0.25) is 0 Å². The molecule has 10 heteroatoms. The summed E-state index contributed by atoms with van der Waals surface area (Å²) in [6.45, 7) is 6.48. The highest BCUT2D eigenvalue weighted by Gasteiger charge is 2.30. The van der Waals surface area contributed by atoms with E-state index in [0.29, 0.717) is 17.9 Å². The zero-order chi connectivity index (χ0) is 28.4. The molecular formula is C31H29F3N6O. The minimum absolute atomic E-state index is 0.577. The largest absolute Gasteiger partial charge is 0.416 e. The lowest BCUT2D eigenvalue weighted by Crippen LogP contribution is -2.38. The van der Waals surface area contributed by atoms with Gasteiger partial charge in [-0.15, -0.1) is 0 Å². The fourth-order valence-electron chi connectivity index (χ4n) is 5.05. The standard InChI is InChI=1S/C31H29F3N6O/c1-21-24(6-4-12-35-21)37-27-19-28-30(20-26(27)36-13-14-39-15-17-41-18-16-39)40(29-7-3-2-5-25(29)38-28)23-10-8-22(9-11-23)31(32,33)34/h2-12,19-20,37H,13-18H2,1H3. The molecule has 0 radical (unpaired) electrons. The molecule has 41 heavy (non-hydrogen) atoms. The van der Waals surface area contributed by atoms with Crippen molar-refractivity contribution in [1.82, 2.24) is 19.4 Å². The lowest BCUT2D eigenvalue weighted by molar-refractivity contribution is -0.137. The van der Waals surface area contributed by atoms with Crippen molar-refractivity contribution in [2.45, 2.75) is 13.1 Å². The Hall–Kier alpha value is -4.28. The lowest BCUT2D eigenvalue weighted by Gasteiger charge is -2.25. The predicted molar refractivity (Wildman–Crippen MR) is 153 cm³/mol. The van der Waals surface area contributed by atoms with Crippen LogP contribution in [-0.2, 0) is 10.9 Å². The molecule has 3 heterocycles. The number of ether oxygens (including phenoxy) is 1. The molecule has 0 amide bonds. The molecule has 2 aliphatic heterocycles. The van der Waals surface area contributed by atoms with Gasteiger partial charge in [0, 0.05) is 31.5 Å². The molecule has 3 aliphatic rings. The third kappa shape index (κ3) is 5.79.